The minimum Gasteiger partial charge on any atom is -0.445 e. The first-order valence-electron chi connectivity index (χ1n) is 14.5. The molecular formula is C33H34ClIN3O5+. The van der Waals surface area contributed by atoms with Crippen LogP contribution in [0.1, 0.15) is 41.6 Å². The number of anilines is 2. The van der Waals surface area contributed by atoms with E-state index >= 15 is 0 Å². The van der Waals surface area contributed by atoms with Crippen LogP contribution in [0, 0.1) is 0 Å². The second-order valence-electron chi connectivity index (χ2n) is 12.0. The van der Waals surface area contributed by atoms with E-state index in [4.69, 9.17) is 21.1 Å². The largest absolute Gasteiger partial charge is 0.445 e. The van der Waals surface area contributed by atoms with Crippen LogP contribution in [0.3, 0.4) is 0 Å². The Labute approximate surface area is 269 Å². The molecule has 3 aromatic carbocycles. The van der Waals surface area contributed by atoms with Gasteiger partial charge in [0.25, 0.3) is 0 Å². The number of hydrogen-bond donors (Lipinski definition) is 2. The van der Waals surface area contributed by atoms with Gasteiger partial charge in [-0.05, 0) is 70.8 Å². The molecule has 6 rings (SSSR count). The summed E-state index contributed by atoms with van der Waals surface area (Å²) in [6.45, 7) is 0. The summed E-state index contributed by atoms with van der Waals surface area (Å²) in [5.74, 6) is -0.164. The maximum atomic E-state index is 13.3. The number of carbonyl (C=O) groups excluding carboxylic acids is 3. The topological polar surface area (TPSA) is 97.0 Å². The Morgan fingerprint density at radius 3 is 2.60 bits per heavy atom. The molecule has 3 saturated heterocycles. The van der Waals surface area contributed by atoms with Gasteiger partial charge in [-0.1, -0.05) is 54.1 Å². The molecule has 0 aliphatic carbocycles. The number of piperidine rings is 1. The van der Waals surface area contributed by atoms with Gasteiger partial charge in [-0.3, -0.25) is 14.9 Å². The van der Waals surface area contributed by atoms with Crippen LogP contribution >= 0.6 is 34.2 Å². The van der Waals surface area contributed by atoms with Crippen LogP contribution in [-0.2, 0) is 20.7 Å². The molecule has 3 aliphatic heterocycles. The van der Waals surface area contributed by atoms with Gasteiger partial charge in [0.15, 0.2) is 9.65 Å². The lowest BCUT2D eigenvalue weighted by molar-refractivity contribution is -0.943. The van der Waals surface area contributed by atoms with Gasteiger partial charge in [0.2, 0.25) is 5.91 Å². The molecule has 43 heavy (non-hydrogen) atoms. The number of likely N-dealkylation sites (N-methyl/N-ethyl adjacent to an activating group) is 1. The Morgan fingerprint density at radius 1 is 1.09 bits per heavy atom. The van der Waals surface area contributed by atoms with Crippen molar-refractivity contribution >= 4 is 63.9 Å². The second kappa shape index (κ2) is 11.8. The number of aldehydes is 1. The highest BCUT2D eigenvalue weighted by atomic mass is 127. The second-order valence-corrected chi connectivity index (χ2v) is 14.3. The zero-order chi connectivity index (χ0) is 30.4. The van der Waals surface area contributed by atoms with E-state index in [0.29, 0.717) is 53.6 Å². The Kier molecular flexibility index (Phi) is 8.27. The van der Waals surface area contributed by atoms with E-state index in [-0.39, 0.29) is 27.8 Å². The summed E-state index contributed by atoms with van der Waals surface area (Å²) in [5, 5.41) is 6.16. The van der Waals surface area contributed by atoms with Crippen molar-refractivity contribution in [3.8, 4) is 11.1 Å². The van der Waals surface area contributed by atoms with Crippen molar-refractivity contribution in [3.63, 3.8) is 0 Å². The third kappa shape index (κ3) is 5.92. The predicted octanol–water partition coefficient (Wildman–Crippen LogP) is 6.85. The van der Waals surface area contributed by atoms with Crippen molar-refractivity contribution in [2.24, 2.45) is 0 Å². The Bertz CT molecular complexity index is 1570. The van der Waals surface area contributed by atoms with Gasteiger partial charge in [-0.15, -0.1) is 0 Å². The summed E-state index contributed by atoms with van der Waals surface area (Å²) in [6.07, 6.45) is 3.63. The van der Waals surface area contributed by atoms with Gasteiger partial charge in [0, 0.05) is 24.0 Å². The lowest BCUT2D eigenvalue weighted by Crippen LogP contribution is -2.65. The summed E-state index contributed by atoms with van der Waals surface area (Å²) in [4.78, 5) is 36.8. The molecule has 2 N–H and O–H groups in total. The van der Waals surface area contributed by atoms with E-state index in [9.17, 15) is 14.4 Å². The Balaban J connectivity index is 1.10. The van der Waals surface area contributed by atoms with Crippen molar-refractivity contribution in [3.05, 3.63) is 82.9 Å². The zero-order valence-corrected chi connectivity index (χ0v) is 26.9. The van der Waals surface area contributed by atoms with Crippen molar-refractivity contribution in [2.75, 3.05) is 24.7 Å². The molecule has 5 atom stereocenters. The molecule has 2 bridgehead atoms. The lowest BCUT2D eigenvalue weighted by Gasteiger charge is -2.50. The average Bonchev–Trinajstić information content (AvgIpc) is 3.76. The molecule has 0 radical (unpaired) electrons. The standard InChI is InChI=1S/C33H33ClIN3O5/c1-38(2)28-17-23(18-33(38,35)31-30(28)43-31)42-32(41)37-27-16-20(11-13-24(27)22-8-4-3-5-9-22)7-6-10-29(40)36-26-14-12-21(19-39)15-25(26)34/h3-5,8-9,11-16,19,23,28,30-31H,6-7,10,17-18H2,1-2H3,(H-,36,37,39,40,41)/p+1/t23-,28-,30-,31+,33-/m0/s1. The minimum absolute atomic E-state index is 0.0952. The highest BCUT2D eigenvalue weighted by Gasteiger charge is 2.78. The fraction of sp³-hybridized carbons (Fsp3) is 0.364. The number of morpholine rings is 1. The molecule has 3 aromatic rings. The summed E-state index contributed by atoms with van der Waals surface area (Å²) in [6, 6.07) is 21.0. The number of hydrogen-bond acceptors (Lipinski definition) is 5. The quantitative estimate of drug-likeness (QED) is 0.0632. The molecule has 3 aliphatic rings. The first-order chi connectivity index (χ1) is 20.6. The number of carbonyl (C=O) groups is 3. The van der Waals surface area contributed by atoms with Crippen LogP contribution in [0.15, 0.2) is 66.7 Å². The van der Waals surface area contributed by atoms with E-state index in [1.54, 1.807) is 12.1 Å². The lowest BCUT2D eigenvalue weighted by atomic mass is 9.96. The van der Waals surface area contributed by atoms with E-state index in [2.05, 4.69) is 47.3 Å². The van der Waals surface area contributed by atoms with Crippen molar-refractivity contribution in [1.29, 1.82) is 0 Å². The molecule has 2 amide bonds. The monoisotopic (exact) mass is 714 g/mol. The molecule has 0 aromatic heterocycles. The molecular weight excluding hydrogens is 681 g/mol. The van der Waals surface area contributed by atoms with Gasteiger partial charge >= 0.3 is 6.09 Å². The van der Waals surface area contributed by atoms with Gasteiger partial charge in [0.05, 0.1) is 36.9 Å². The fourth-order valence-electron chi connectivity index (χ4n) is 6.64. The van der Waals surface area contributed by atoms with Gasteiger partial charge in [0.1, 0.15) is 24.5 Å². The van der Waals surface area contributed by atoms with E-state index < -0.39 is 6.09 Å². The Morgan fingerprint density at radius 2 is 1.88 bits per heavy atom. The number of halogens is 2. The summed E-state index contributed by atoms with van der Waals surface area (Å²) in [5.41, 5.74) is 4.47. The highest BCUT2D eigenvalue weighted by molar-refractivity contribution is 14.1. The SMILES string of the molecule is C[N+]1(C)[C@H]2C[C@H](OC(=O)Nc3cc(CCCC(=O)Nc4ccc(C=O)cc4Cl)ccc3-c3ccccc3)C[C@@]1(I)[C@@H]1O[C@H]12. The summed E-state index contributed by atoms with van der Waals surface area (Å²) in [7, 11) is 4.51. The normalized spacial score (nSPS) is 26.2. The van der Waals surface area contributed by atoms with Gasteiger partial charge < -0.3 is 19.3 Å². The third-order valence-corrected chi connectivity index (χ3v) is 11.7. The van der Waals surface area contributed by atoms with Crippen LogP contribution in [-0.4, -0.2) is 64.8 Å². The maximum absolute atomic E-state index is 13.3. The highest BCUT2D eigenvalue weighted by Crippen LogP contribution is 2.61. The first kappa shape index (κ1) is 30.1. The van der Waals surface area contributed by atoms with Crippen molar-refractivity contribution in [2.45, 2.75) is 60.0 Å². The van der Waals surface area contributed by atoms with E-state index in [1.165, 1.54) is 6.07 Å². The van der Waals surface area contributed by atoms with Crippen LogP contribution in [0.2, 0.25) is 5.02 Å². The summed E-state index contributed by atoms with van der Waals surface area (Å²) < 4.78 is 12.8. The first-order valence-corrected chi connectivity index (χ1v) is 15.9. The number of aryl methyl sites for hydroxylation is 1. The number of alkyl halides is 1. The van der Waals surface area contributed by atoms with E-state index in [0.717, 1.165) is 34.0 Å². The van der Waals surface area contributed by atoms with Crippen LogP contribution in [0.5, 0.6) is 0 Å². The molecule has 0 unspecified atom stereocenters. The van der Waals surface area contributed by atoms with Crippen LogP contribution < -0.4 is 10.6 Å². The number of ether oxygens (including phenoxy) is 2. The number of benzene rings is 3. The minimum atomic E-state index is -0.461. The van der Waals surface area contributed by atoms with Gasteiger partial charge in [-0.25, -0.2) is 4.79 Å². The number of amides is 2. The van der Waals surface area contributed by atoms with Crippen LogP contribution in [0.4, 0.5) is 16.2 Å². The molecule has 3 fully saturated rings. The van der Waals surface area contributed by atoms with Crippen molar-refractivity contribution in [1.82, 2.24) is 0 Å². The zero-order valence-electron chi connectivity index (χ0n) is 24.0. The molecule has 0 spiro atoms. The average molecular weight is 715 g/mol. The molecule has 3 heterocycles. The number of epoxide rings is 1. The number of nitrogens with zero attached hydrogens (tertiary/aromatic N) is 1. The molecule has 10 heteroatoms. The fourth-order valence-corrected chi connectivity index (χ4v) is 8.22. The van der Waals surface area contributed by atoms with Crippen LogP contribution in [0.25, 0.3) is 11.1 Å². The Hall–Kier alpha value is -2.99. The number of rotatable bonds is 9. The van der Waals surface area contributed by atoms with Gasteiger partial charge in [-0.2, -0.15) is 0 Å². The third-order valence-electron chi connectivity index (χ3n) is 9.10. The molecule has 8 nitrogen and oxygen atoms in total. The maximum Gasteiger partial charge on any atom is 0.411 e. The predicted molar refractivity (Wildman–Crippen MR) is 175 cm³/mol. The van der Waals surface area contributed by atoms with Crippen molar-refractivity contribution < 1.29 is 28.3 Å². The number of quaternary nitrogens is 1. The number of nitrogens with one attached hydrogen (secondary N) is 2. The smallest absolute Gasteiger partial charge is 0.411 e. The molecule has 224 valence electrons. The van der Waals surface area contributed by atoms with E-state index in [1.807, 2.05) is 48.5 Å². The number of fused-ring (bicyclic) bond motifs is 5. The molecule has 0 saturated carbocycles. The summed E-state index contributed by atoms with van der Waals surface area (Å²) >= 11 is 8.71.